The molecular weight excluding hydrogens is 259 g/mol. The van der Waals surface area contributed by atoms with Gasteiger partial charge in [0, 0.05) is 23.9 Å². The molecule has 5 heteroatoms. The highest BCUT2D eigenvalue weighted by Gasteiger charge is 2.09. The minimum absolute atomic E-state index is 0.112. The van der Waals surface area contributed by atoms with Crippen molar-refractivity contribution in [3.8, 4) is 0 Å². The first-order valence-corrected chi connectivity index (χ1v) is 6.29. The summed E-state index contributed by atoms with van der Waals surface area (Å²) in [4.78, 5) is 10.3. The van der Waals surface area contributed by atoms with E-state index in [-0.39, 0.29) is 11.5 Å². The molecule has 0 heterocycles. The first-order chi connectivity index (χ1) is 9.56. The first kappa shape index (κ1) is 14.0. The lowest BCUT2D eigenvalue weighted by Crippen LogP contribution is -2.05. The number of halogens is 1. The molecule has 0 aliphatic heterocycles. The van der Waals surface area contributed by atoms with Crippen LogP contribution < -0.4 is 5.32 Å². The third kappa shape index (κ3) is 3.54. The van der Waals surface area contributed by atoms with Crippen LogP contribution in [0.25, 0.3) is 0 Å². The van der Waals surface area contributed by atoms with Crippen LogP contribution in [0, 0.1) is 22.9 Å². The van der Waals surface area contributed by atoms with E-state index in [1.54, 1.807) is 25.1 Å². The Morgan fingerprint density at radius 1 is 1.25 bits per heavy atom. The Balaban J connectivity index is 1.94. The van der Waals surface area contributed by atoms with Gasteiger partial charge in [0.15, 0.2) is 0 Å². The van der Waals surface area contributed by atoms with Crippen molar-refractivity contribution >= 4 is 11.4 Å². The molecule has 2 aromatic rings. The standard InChI is InChI=1S/C15H15FN2O2/c1-11-9-14(5-6-15(11)18(19)20)17-8-7-12-3-2-4-13(16)10-12/h2-6,9-10,17H,7-8H2,1H3. The molecular formula is C15H15FN2O2. The molecule has 0 aliphatic carbocycles. The summed E-state index contributed by atoms with van der Waals surface area (Å²) in [5.41, 5.74) is 2.46. The molecule has 2 aromatic carbocycles. The monoisotopic (exact) mass is 274 g/mol. The molecule has 2 rings (SSSR count). The van der Waals surface area contributed by atoms with E-state index in [0.29, 0.717) is 18.5 Å². The molecule has 0 saturated carbocycles. The van der Waals surface area contributed by atoms with Gasteiger partial charge in [-0.2, -0.15) is 0 Å². The van der Waals surface area contributed by atoms with Crippen LogP contribution in [0.15, 0.2) is 42.5 Å². The summed E-state index contributed by atoms with van der Waals surface area (Å²) in [7, 11) is 0. The summed E-state index contributed by atoms with van der Waals surface area (Å²) in [5, 5.41) is 13.9. The van der Waals surface area contributed by atoms with Gasteiger partial charge in [-0.1, -0.05) is 12.1 Å². The van der Waals surface area contributed by atoms with E-state index in [0.717, 1.165) is 11.3 Å². The number of nitrogens with zero attached hydrogens (tertiary/aromatic N) is 1. The van der Waals surface area contributed by atoms with Crippen molar-refractivity contribution in [1.29, 1.82) is 0 Å². The summed E-state index contributed by atoms with van der Waals surface area (Å²) >= 11 is 0. The van der Waals surface area contributed by atoms with Gasteiger partial charge < -0.3 is 5.32 Å². The average molecular weight is 274 g/mol. The van der Waals surface area contributed by atoms with Gasteiger partial charge in [0.2, 0.25) is 0 Å². The lowest BCUT2D eigenvalue weighted by atomic mass is 10.1. The smallest absolute Gasteiger partial charge is 0.272 e. The van der Waals surface area contributed by atoms with Crippen LogP contribution in [0.3, 0.4) is 0 Å². The summed E-state index contributed by atoms with van der Waals surface area (Å²) < 4.78 is 13.0. The van der Waals surface area contributed by atoms with E-state index >= 15 is 0 Å². The summed E-state index contributed by atoms with van der Waals surface area (Å²) in [6.45, 7) is 2.34. The Labute approximate surface area is 116 Å². The first-order valence-electron chi connectivity index (χ1n) is 6.29. The normalized spacial score (nSPS) is 10.3. The maximum Gasteiger partial charge on any atom is 0.272 e. The molecule has 4 nitrogen and oxygen atoms in total. The van der Waals surface area contributed by atoms with E-state index in [9.17, 15) is 14.5 Å². The number of aryl methyl sites for hydroxylation is 1. The van der Waals surface area contributed by atoms with E-state index in [1.807, 2.05) is 6.07 Å². The Hall–Kier alpha value is -2.43. The number of nitro benzene ring substituents is 1. The van der Waals surface area contributed by atoms with Crippen LogP contribution >= 0.6 is 0 Å². The molecule has 0 bridgehead atoms. The third-order valence-electron chi connectivity index (χ3n) is 3.03. The van der Waals surface area contributed by atoms with Crippen LogP contribution in [0.1, 0.15) is 11.1 Å². The topological polar surface area (TPSA) is 55.2 Å². The molecule has 1 N–H and O–H groups in total. The second-order valence-corrected chi connectivity index (χ2v) is 4.57. The lowest BCUT2D eigenvalue weighted by molar-refractivity contribution is -0.385. The second kappa shape index (κ2) is 6.14. The molecule has 0 aliphatic rings. The largest absolute Gasteiger partial charge is 0.385 e. The van der Waals surface area contributed by atoms with Crippen LogP contribution in [-0.2, 0) is 6.42 Å². The fraction of sp³-hybridized carbons (Fsp3) is 0.200. The molecule has 0 aromatic heterocycles. The molecule has 0 saturated heterocycles. The van der Waals surface area contributed by atoms with Crippen LogP contribution in [0.4, 0.5) is 15.8 Å². The van der Waals surface area contributed by atoms with Crippen LogP contribution in [-0.4, -0.2) is 11.5 Å². The second-order valence-electron chi connectivity index (χ2n) is 4.57. The van der Waals surface area contributed by atoms with Gasteiger partial charge in [-0.25, -0.2) is 4.39 Å². The number of nitrogens with one attached hydrogen (secondary N) is 1. The van der Waals surface area contributed by atoms with E-state index in [2.05, 4.69) is 5.32 Å². The summed E-state index contributed by atoms with van der Waals surface area (Å²) in [6, 6.07) is 11.4. The Morgan fingerprint density at radius 3 is 2.70 bits per heavy atom. The molecule has 0 unspecified atom stereocenters. The van der Waals surface area contributed by atoms with Crippen LogP contribution in [0.5, 0.6) is 0 Å². The van der Waals surface area contributed by atoms with Gasteiger partial charge in [0.05, 0.1) is 4.92 Å². The van der Waals surface area contributed by atoms with Crippen molar-refractivity contribution in [1.82, 2.24) is 0 Å². The van der Waals surface area contributed by atoms with Gasteiger partial charge in [0.1, 0.15) is 5.82 Å². The minimum Gasteiger partial charge on any atom is -0.385 e. The average Bonchev–Trinajstić information content (AvgIpc) is 2.38. The van der Waals surface area contributed by atoms with Crippen molar-refractivity contribution in [3.05, 3.63) is 69.5 Å². The highest BCUT2D eigenvalue weighted by molar-refractivity contribution is 5.53. The fourth-order valence-corrected chi connectivity index (χ4v) is 2.01. The van der Waals surface area contributed by atoms with Crippen molar-refractivity contribution in [2.24, 2.45) is 0 Å². The minimum atomic E-state index is -0.397. The number of anilines is 1. The highest BCUT2D eigenvalue weighted by Crippen LogP contribution is 2.21. The maximum absolute atomic E-state index is 13.0. The van der Waals surface area contributed by atoms with Gasteiger partial charge in [-0.05, 0) is 43.2 Å². The lowest BCUT2D eigenvalue weighted by Gasteiger charge is -2.07. The van der Waals surface area contributed by atoms with Gasteiger partial charge >= 0.3 is 0 Å². The highest BCUT2D eigenvalue weighted by atomic mass is 19.1. The predicted molar refractivity (Wildman–Crippen MR) is 76.4 cm³/mol. The maximum atomic E-state index is 13.0. The number of hydrogen-bond donors (Lipinski definition) is 1. The van der Waals surface area contributed by atoms with Crippen molar-refractivity contribution in [2.45, 2.75) is 13.3 Å². The quantitative estimate of drug-likeness (QED) is 0.668. The molecule has 0 fully saturated rings. The summed E-state index contributed by atoms with van der Waals surface area (Å²) in [6.07, 6.45) is 0.688. The molecule has 20 heavy (non-hydrogen) atoms. The third-order valence-corrected chi connectivity index (χ3v) is 3.03. The number of hydrogen-bond acceptors (Lipinski definition) is 3. The van der Waals surface area contributed by atoms with Gasteiger partial charge in [0.25, 0.3) is 5.69 Å². The van der Waals surface area contributed by atoms with Gasteiger partial charge in [-0.15, -0.1) is 0 Å². The Bertz CT molecular complexity index is 629. The molecule has 0 amide bonds. The predicted octanol–water partition coefficient (Wildman–Crippen LogP) is 3.70. The Morgan fingerprint density at radius 2 is 2.05 bits per heavy atom. The number of nitro groups is 1. The molecule has 0 spiro atoms. The van der Waals surface area contributed by atoms with E-state index in [1.165, 1.54) is 18.2 Å². The van der Waals surface area contributed by atoms with E-state index < -0.39 is 4.92 Å². The molecule has 0 radical (unpaired) electrons. The summed E-state index contributed by atoms with van der Waals surface area (Å²) in [5.74, 6) is -0.242. The fourth-order valence-electron chi connectivity index (χ4n) is 2.01. The van der Waals surface area contributed by atoms with Crippen molar-refractivity contribution in [2.75, 3.05) is 11.9 Å². The molecule has 0 atom stereocenters. The van der Waals surface area contributed by atoms with Crippen LogP contribution in [0.2, 0.25) is 0 Å². The van der Waals surface area contributed by atoms with E-state index in [4.69, 9.17) is 0 Å². The zero-order chi connectivity index (χ0) is 14.5. The SMILES string of the molecule is Cc1cc(NCCc2cccc(F)c2)ccc1[N+](=O)[O-]. The number of rotatable bonds is 5. The van der Waals surface area contributed by atoms with Crippen molar-refractivity contribution < 1.29 is 9.31 Å². The molecule has 104 valence electrons. The Kier molecular flexibility index (Phi) is 4.30. The van der Waals surface area contributed by atoms with Crippen molar-refractivity contribution in [3.63, 3.8) is 0 Å². The zero-order valence-corrected chi connectivity index (χ0v) is 11.1. The zero-order valence-electron chi connectivity index (χ0n) is 11.1. The van der Waals surface area contributed by atoms with Gasteiger partial charge in [-0.3, -0.25) is 10.1 Å². The number of benzene rings is 2.